The Balaban J connectivity index is 1.90. The van der Waals surface area contributed by atoms with Gasteiger partial charge in [-0.05, 0) is 30.8 Å². The zero-order chi connectivity index (χ0) is 12.5. The lowest BCUT2D eigenvalue weighted by Gasteiger charge is -2.18. The quantitative estimate of drug-likeness (QED) is 0.899. The number of aromatic nitrogens is 2. The number of fused-ring (bicyclic) bond motifs is 1. The fourth-order valence-corrected chi connectivity index (χ4v) is 3.06. The molecule has 5 heteroatoms. The number of nitrogens with one attached hydrogen (secondary N) is 1. The van der Waals surface area contributed by atoms with Gasteiger partial charge in [-0.25, -0.2) is 9.97 Å². The summed E-state index contributed by atoms with van der Waals surface area (Å²) in [7, 11) is 1.92. The second-order valence-electron chi connectivity index (χ2n) is 4.67. The van der Waals surface area contributed by atoms with Crippen molar-refractivity contribution < 1.29 is 0 Å². The molecule has 2 heterocycles. The van der Waals surface area contributed by atoms with Gasteiger partial charge in [-0.2, -0.15) is 0 Å². The lowest BCUT2D eigenvalue weighted by atomic mass is 10.3. The molecule has 0 unspecified atom stereocenters. The van der Waals surface area contributed by atoms with Crippen LogP contribution in [-0.2, 0) is 6.54 Å². The summed E-state index contributed by atoms with van der Waals surface area (Å²) >= 11 is 1.68. The first-order valence-corrected chi connectivity index (χ1v) is 7.35. The van der Waals surface area contributed by atoms with E-state index in [9.17, 15) is 0 Å². The van der Waals surface area contributed by atoms with Crippen molar-refractivity contribution >= 4 is 27.4 Å². The summed E-state index contributed by atoms with van der Waals surface area (Å²) in [6.07, 6.45) is 2.65. The van der Waals surface area contributed by atoms with Crippen LogP contribution in [0.2, 0.25) is 0 Å². The predicted molar refractivity (Wildman–Crippen MR) is 76.1 cm³/mol. The Kier molecular flexibility index (Phi) is 3.18. The molecule has 4 nitrogen and oxygen atoms in total. The summed E-state index contributed by atoms with van der Waals surface area (Å²) in [5, 5.41) is 6.37. The minimum atomic E-state index is 0.760. The number of thiophene rings is 1. The standard InChI is InChI=1S/C13H18N4S/c1-3-17(9-4-5-9)8-11-15-12(14-2)10-6-7-18-13(10)16-11/h6-7,9H,3-5,8H2,1-2H3,(H,14,15,16). The van der Waals surface area contributed by atoms with Crippen molar-refractivity contribution in [2.75, 3.05) is 18.9 Å². The van der Waals surface area contributed by atoms with Crippen LogP contribution in [0.4, 0.5) is 5.82 Å². The number of hydrogen-bond donors (Lipinski definition) is 1. The third-order valence-electron chi connectivity index (χ3n) is 3.42. The molecule has 1 aliphatic rings. The first-order chi connectivity index (χ1) is 8.81. The van der Waals surface area contributed by atoms with Gasteiger partial charge < -0.3 is 5.32 Å². The molecule has 1 saturated carbocycles. The van der Waals surface area contributed by atoms with Gasteiger partial charge in [-0.1, -0.05) is 6.92 Å². The summed E-state index contributed by atoms with van der Waals surface area (Å²) in [5.74, 6) is 1.88. The van der Waals surface area contributed by atoms with E-state index in [1.165, 1.54) is 12.8 Å². The van der Waals surface area contributed by atoms with E-state index in [1.807, 2.05) is 7.05 Å². The van der Waals surface area contributed by atoms with Gasteiger partial charge in [-0.3, -0.25) is 4.90 Å². The molecule has 2 aromatic rings. The lowest BCUT2D eigenvalue weighted by molar-refractivity contribution is 0.263. The highest BCUT2D eigenvalue weighted by Crippen LogP contribution is 2.29. The Morgan fingerprint density at radius 1 is 1.44 bits per heavy atom. The Bertz CT molecular complexity index is 547. The maximum Gasteiger partial charge on any atom is 0.146 e. The Morgan fingerprint density at radius 2 is 2.28 bits per heavy atom. The first kappa shape index (κ1) is 11.9. The summed E-state index contributed by atoms with van der Waals surface area (Å²) in [5.41, 5.74) is 0. The fraction of sp³-hybridized carbons (Fsp3) is 0.538. The third-order valence-corrected chi connectivity index (χ3v) is 4.23. The van der Waals surface area contributed by atoms with E-state index < -0.39 is 0 Å². The lowest BCUT2D eigenvalue weighted by Crippen LogP contribution is -2.26. The summed E-state index contributed by atoms with van der Waals surface area (Å²) in [6, 6.07) is 2.84. The van der Waals surface area contributed by atoms with Gasteiger partial charge in [0, 0.05) is 13.1 Å². The minimum absolute atomic E-state index is 0.760. The third kappa shape index (κ3) is 2.20. The molecule has 0 bridgehead atoms. The molecule has 0 aromatic carbocycles. The molecule has 0 amide bonds. The van der Waals surface area contributed by atoms with E-state index in [-0.39, 0.29) is 0 Å². The molecule has 1 aliphatic carbocycles. The van der Waals surface area contributed by atoms with E-state index >= 15 is 0 Å². The van der Waals surface area contributed by atoms with Crippen LogP contribution >= 0.6 is 11.3 Å². The van der Waals surface area contributed by atoms with Gasteiger partial charge in [0.25, 0.3) is 0 Å². The smallest absolute Gasteiger partial charge is 0.146 e. The Morgan fingerprint density at radius 3 is 2.94 bits per heavy atom. The highest BCUT2D eigenvalue weighted by atomic mass is 32.1. The van der Waals surface area contributed by atoms with E-state index in [2.05, 4.69) is 38.6 Å². The summed E-state index contributed by atoms with van der Waals surface area (Å²) < 4.78 is 0. The van der Waals surface area contributed by atoms with Crippen molar-refractivity contribution in [3.05, 3.63) is 17.3 Å². The van der Waals surface area contributed by atoms with Crippen molar-refractivity contribution in [2.45, 2.75) is 32.4 Å². The molecular formula is C13H18N4S. The topological polar surface area (TPSA) is 41.1 Å². The molecule has 0 aliphatic heterocycles. The second-order valence-corrected chi connectivity index (χ2v) is 5.57. The maximum absolute atomic E-state index is 4.67. The van der Waals surface area contributed by atoms with Gasteiger partial charge in [-0.15, -0.1) is 11.3 Å². The number of rotatable bonds is 5. The molecule has 1 fully saturated rings. The summed E-state index contributed by atoms with van der Waals surface area (Å²) in [4.78, 5) is 12.8. The largest absolute Gasteiger partial charge is 0.372 e. The van der Waals surface area contributed by atoms with Gasteiger partial charge in [0.1, 0.15) is 16.5 Å². The molecule has 1 N–H and O–H groups in total. The Hall–Kier alpha value is -1.20. The van der Waals surface area contributed by atoms with Crippen LogP contribution in [0, 0.1) is 0 Å². The first-order valence-electron chi connectivity index (χ1n) is 6.47. The van der Waals surface area contributed by atoms with Crippen LogP contribution in [0.25, 0.3) is 10.2 Å². The highest BCUT2D eigenvalue weighted by molar-refractivity contribution is 7.16. The maximum atomic E-state index is 4.67. The highest BCUT2D eigenvalue weighted by Gasteiger charge is 2.28. The molecule has 18 heavy (non-hydrogen) atoms. The molecule has 96 valence electrons. The normalized spacial score (nSPS) is 15.5. The van der Waals surface area contributed by atoms with E-state index in [1.54, 1.807) is 11.3 Å². The van der Waals surface area contributed by atoms with Gasteiger partial charge in [0.2, 0.25) is 0 Å². The van der Waals surface area contributed by atoms with Crippen LogP contribution in [-0.4, -0.2) is 34.5 Å². The average Bonchev–Trinajstić information content (AvgIpc) is 3.13. The van der Waals surface area contributed by atoms with Crippen LogP contribution < -0.4 is 5.32 Å². The zero-order valence-corrected chi connectivity index (χ0v) is 11.6. The summed E-state index contributed by atoms with van der Waals surface area (Å²) in [6.45, 7) is 4.15. The van der Waals surface area contributed by atoms with Crippen LogP contribution in [0.1, 0.15) is 25.6 Å². The Labute approximate surface area is 111 Å². The van der Waals surface area contributed by atoms with Crippen molar-refractivity contribution in [1.82, 2.24) is 14.9 Å². The van der Waals surface area contributed by atoms with Crippen molar-refractivity contribution in [1.29, 1.82) is 0 Å². The number of anilines is 1. The van der Waals surface area contributed by atoms with E-state index in [0.29, 0.717) is 0 Å². The number of hydrogen-bond acceptors (Lipinski definition) is 5. The van der Waals surface area contributed by atoms with E-state index in [0.717, 1.165) is 41.0 Å². The number of nitrogens with zero attached hydrogens (tertiary/aromatic N) is 3. The van der Waals surface area contributed by atoms with Gasteiger partial charge in [0.15, 0.2) is 0 Å². The monoisotopic (exact) mass is 262 g/mol. The molecule has 0 saturated heterocycles. The molecule has 0 spiro atoms. The van der Waals surface area contributed by atoms with Crippen LogP contribution in [0.3, 0.4) is 0 Å². The zero-order valence-electron chi connectivity index (χ0n) is 10.8. The fourth-order valence-electron chi connectivity index (χ4n) is 2.28. The SMILES string of the molecule is CCN(Cc1nc(NC)c2ccsc2n1)C1CC1. The van der Waals surface area contributed by atoms with E-state index in [4.69, 9.17) is 0 Å². The van der Waals surface area contributed by atoms with Crippen molar-refractivity contribution in [3.8, 4) is 0 Å². The minimum Gasteiger partial charge on any atom is -0.372 e. The van der Waals surface area contributed by atoms with Crippen molar-refractivity contribution in [2.24, 2.45) is 0 Å². The second kappa shape index (κ2) is 4.82. The van der Waals surface area contributed by atoms with Gasteiger partial charge >= 0.3 is 0 Å². The molecule has 3 rings (SSSR count). The molecule has 0 radical (unpaired) electrons. The molecule has 2 aromatic heterocycles. The van der Waals surface area contributed by atoms with Gasteiger partial charge in [0.05, 0.1) is 11.9 Å². The van der Waals surface area contributed by atoms with Crippen LogP contribution in [0.15, 0.2) is 11.4 Å². The predicted octanol–water partition coefficient (Wildman–Crippen LogP) is 2.72. The molecular weight excluding hydrogens is 244 g/mol. The van der Waals surface area contributed by atoms with Crippen LogP contribution in [0.5, 0.6) is 0 Å². The average molecular weight is 262 g/mol. The van der Waals surface area contributed by atoms with Crippen molar-refractivity contribution in [3.63, 3.8) is 0 Å². The molecule has 0 atom stereocenters.